The van der Waals surface area contributed by atoms with Gasteiger partial charge in [-0.25, -0.2) is 0 Å². The quantitative estimate of drug-likeness (QED) is 0.562. The van der Waals surface area contributed by atoms with Crippen LogP contribution < -0.4 is 5.32 Å². The summed E-state index contributed by atoms with van der Waals surface area (Å²) in [6, 6.07) is 6.62. The second kappa shape index (κ2) is 7.85. The summed E-state index contributed by atoms with van der Waals surface area (Å²) < 4.78 is 0. The molecule has 0 fully saturated rings. The van der Waals surface area contributed by atoms with E-state index in [4.69, 9.17) is 0 Å². The molecule has 0 aliphatic rings. The van der Waals surface area contributed by atoms with Gasteiger partial charge in [0.15, 0.2) is 0 Å². The number of aliphatic carboxylic acids is 1. The molecule has 2 N–H and O–H groups in total. The van der Waals surface area contributed by atoms with Crippen LogP contribution in [0.15, 0.2) is 23.1 Å². The Morgan fingerprint density at radius 1 is 1.38 bits per heavy atom. The first-order chi connectivity index (χ1) is 9.74. The predicted octanol–water partition coefficient (Wildman–Crippen LogP) is 4.02. The maximum atomic E-state index is 11.5. The van der Waals surface area contributed by atoms with Crippen LogP contribution in [0.1, 0.15) is 44.7 Å². The van der Waals surface area contributed by atoms with Crippen LogP contribution in [-0.4, -0.2) is 28.4 Å². The van der Waals surface area contributed by atoms with Gasteiger partial charge in [0.25, 0.3) is 0 Å². The Morgan fingerprint density at radius 2 is 2.05 bits per heavy atom. The van der Waals surface area contributed by atoms with Crippen LogP contribution in [0.3, 0.4) is 0 Å². The topological polar surface area (TPSA) is 49.3 Å². The highest BCUT2D eigenvalue weighted by Crippen LogP contribution is 2.25. The fourth-order valence-electron chi connectivity index (χ4n) is 2.35. The molecule has 1 atom stereocenters. The fraction of sp³-hybridized carbons (Fsp3) is 0.588. The van der Waals surface area contributed by atoms with Crippen LogP contribution in [0.2, 0.25) is 0 Å². The Hall–Kier alpha value is -1.00. The molecule has 1 aromatic rings. The Balaban J connectivity index is 2.51. The van der Waals surface area contributed by atoms with Crippen LogP contribution in [0.5, 0.6) is 0 Å². The molecular weight excluding hydrogens is 282 g/mol. The van der Waals surface area contributed by atoms with Crippen molar-refractivity contribution in [3.05, 3.63) is 29.3 Å². The average Bonchev–Trinajstić information content (AvgIpc) is 2.37. The van der Waals surface area contributed by atoms with Crippen LogP contribution in [0, 0.1) is 13.8 Å². The largest absolute Gasteiger partial charge is 0.480 e. The molecule has 1 unspecified atom stereocenters. The van der Waals surface area contributed by atoms with E-state index >= 15 is 0 Å². The lowest BCUT2D eigenvalue weighted by molar-refractivity contribution is -0.144. The molecule has 1 aromatic carbocycles. The molecular formula is C17H27NO2S. The third-order valence-corrected chi connectivity index (χ3v) is 4.75. The summed E-state index contributed by atoms with van der Waals surface area (Å²) in [7, 11) is 0. The lowest BCUT2D eigenvalue weighted by Crippen LogP contribution is -2.52. The molecule has 0 aliphatic carbocycles. The highest BCUT2D eigenvalue weighted by molar-refractivity contribution is 7.99. The number of carbonyl (C=O) groups is 1. The standard InChI is InChI=1S/C17H27NO2S/c1-12(2)18-17(5,16(19)20)9-6-10-21-15-11-13(3)7-8-14(15)4/h7-8,11-12,18H,6,9-10H2,1-5H3,(H,19,20). The van der Waals surface area contributed by atoms with Gasteiger partial charge >= 0.3 is 5.97 Å². The Kier molecular flexibility index (Phi) is 6.75. The zero-order chi connectivity index (χ0) is 16.0. The Morgan fingerprint density at radius 3 is 2.62 bits per heavy atom. The number of rotatable bonds is 8. The summed E-state index contributed by atoms with van der Waals surface area (Å²) in [5, 5.41) is 12.6. The summed E-state index contributed by atoms with van der Waals surface area (Å²) in [5.41, 5.74) is 1.71. The van der Waals surface area contributed by atoms with Gasteiger partial charge in [-0.1, -0.05) is 17.7 Å². The monoisotopic (exact) mass is 309 g/mol. The van der Waals surface area contributed by atoms with Crippen molar-refractivity contribution in [1.29, 1.82) is 0 Å². The van der Waals surface area contributed by atoms with E-state index in [-0.39, 0.29) is 6.04 Å². The highest BCUT2D eigenvalue weighted by Gasteiger charge is 2.32. The lowest BCUT2D eigenvalue weighted by Gasteiger charge is -2.28. The average molecular weight is 309 g/mol. The van der Waals surface area contributed by atoms with E-state index in [1.807, 2.05) is 25.6 Å². The predicted molar refractivity (Wildman–Crippen MR) is 90.2 cm³/mol. The molecule has 0 aromatic heterocycles. The van der Waals surface area contributed by atoms with Gasteiger partial charge in [0.2, 0.25) is 0 Å². The van der Waals surface area contributed by atoms with Crippen LogP contribution in [0.4, 0.5) is 0 Å². The van der Waals surface area contributed by atoms with E-state index < -0.39 is 11.5 Å². The minimum absolute atomic E-state index is 0.165. The molecule has 0 spiro atoms. The van der Waals surface area contributed by atoms with Crippen molar-refractivity contribution in [2.75, 3.05) is 5.75 Å². The van der Waals surface area contributed by atoms with E-state index in [1.54, 1.807) is 6.92 Å². The molecule has 3 nitrogen and oxygen atoms in total. The fourth-order valence-corrected chi connectivity index (χ4v) is 3.42. The number of hydrogen-bond acceptors (Lipinski definition) is 3. The maximum absolute atomic E-state index is 11.5. The summed E-state index contributed by atoms with van der Waals surface area (Å²) >= 11 is 1.81. The summed E-state index contributed by atoms with van der Waals surface area (Å²) in [6.07, 6.45) is 1.51. The van der Waals surface area contributed by atoms with Gasteiger partial charge in [0.05, 0.1) is 0 Å². The first kappa shape index (κ1) is 18.1. The van der Waals surface area contributed by atoms with Crippen molar-refractivity contribution < 1.29 is 9.90 Å². The van der Waals surface area contributed by atoms with Crippen molar-refractivity contribution in [3.63, 3.8) is 0 Å². The normalized spacial score (nSPS) is 14.2. The van der Waals surface area contributed by atoms with Gasteiger partial charge in [-0.2, -0.15) is 0 Å². The van der Waals surface area contributed by atoms with Crippen LogP contribution in [-0.2, 0) is 4.79 Å². The zero-order valence-corrected chi connectivity index (χ0v) is 14.5. The van der Waals surface area contributed by atoms with E-state index in [2.05, 4.69) is 37.4 Å². The van der Waals surface area contributed by atoms with Crippen LogP contribution >= 0.6 is 11.8 Å². The molecule has 0 bridgehead atoms. The Labute approximate surface area is 132 Å². The molecule has 1 rings (SSSR count). The van der Waals surface area contributed by atoms with Crippen molar-refractivity contribution in [2.24, 2.45) is 0 Å². The third kappa shape index (κ3) is 5.71. The molecule has 0 amide bonds. The molecule has 4 heteroatoms. The number of carboxylic acid groups (broad SMARTS) is 1. The molecule has 21 heavy (non-hydrogen) atoms. The number of benzene rings is 1. The minimum atomic E-state index is -0.837. The van der Waals surface area contributed by atoms with Crippen LogP contribution in [0.25, 0.3) is 0 Å². The molecule has 0 aliphatic heterocycles. The molecule has 0 saturated carbocycles. The third-order valence-electron chi connectivity index (χ3n) is 3.50. The summed E-state index contributed by atoms with van der Waals surface area (Å²) in [4.78, 5) is 12.7. The van der Waals surface area contributed by atoms with Gasteiger partial charge in [0.1, 0.15) is 5.54 Å². The first-order valence-electron chi connectivity index (χ1n) is 7.46. The number of nitrogens with one attached hydrogen (secondary N) is 1. The molecule has 118 valence electrons. The van der Waals surface area contributed by atoms with Gasteiger partial charge in [0, 0.05) is 10.9 Å². The number of thioether (sulfide) groups is 1. The van der Waals surface area contributed by atoms with Crippen molar-refractivity contribution in [1.82, 2.24) is 5.32 Å². The SMILES string of the molecule is Cc1ccc(C)c(SCCCC(C)(NC(C)C)C(=O)O)c1. The second-order valence-electron chi connectivity index (χ2n) is 6.16. The van der Waals surface area contributed by atoms with Gasteiger partial charge in [-0.3, -0.25) is 10.1 Å². The number of aryl methyl sites for hydroxylation is 2. The summed E-state index contributed by atoms with van der Waals surface area (Å²) in [5.74, 6) is 0.167. The highest BCUT2D eigenvalue weighted by atomic mass is 32.2. The van der Waals surface area contributed by atoms with E-state index in [9.17, 15) is 9.90 Å². The number of carboxylic acids is 1. The van der Waals surface area contributed by atoms with E-state index in [0.29, 0.717) is 6.42 Å². The Bertz CT molecular complexity index is 488. The second-order valence-corrected chi connectivity index (χ2v) is 7.29. The van der Waals surface area contributed by atoms with Crippen molar-refractivity contribution in [3.8, 4) is 0 Å². The maximum Gasteiger partial charge on any atom is 0.323 e. The van der Waals surface area contributed by atoms with Gasteiger partial charge in [-0.05, 0) is 64.8 Å². The van der Waals surface area contributed by atoms with Gasteiger partial charge < -0.3 is 5.11 Å². The van der Waals surface area contributed by atoms with E-state index in [0.717, 1.165) is 12.2 Å². The first-order valence-corrected chi connectivity index (χ1v) is 8.44. The van der Waals surface area contributed by atoms with Crippen molar-refractivity contribution in [2.45, 2.75) is 63.9 Å². The lowest BCUT2D eigenvalue weighted by atomic mass is 9.95. The minimum Gasteiger partial charge on any atom is -0.480 e. The molecule has 0 radical (unpaired) electrons. The number of hydrogen-bond donors (Lipinski definition) is 2. The van der Waals surface area contributed by atoms with Crippen molar-refractivity contribution >= 4 is 17.7 Å². The van der Waals surface area contributed by atoms with E-state index in [1.165, 1.54) is 16.0 Å². The zero-order valence-electron chi connectivity index (χ0n) is 13.7. The smallest absolute Gasteiger partial charge is 0.323 e. The summed E-state index contributed by atoms with van der Waals surface area (Å²) in [6.45, 7) is 9.94. The molecule has 0 heterocycles. The molecule has 0 saturated heterocycles. The van der Waals surface area contributed by atoms with Gasteiger partial charge in [-0.15, -0.1) is 11.8 Å².